The molecule has 1 N–H and O–H groups in total. The Balaban J connectivity index is 1.35. The van der Waals surface area contributed by atoms with Crippen LogP contribution >= 0.6 is 11.3 Å². The summed E-state index contributed by atoms with van der Waals surface area (Å²) in [5.74, 6) is 0.493. The molecular weight excluding hydrogens is 376 g/mol. The highest BCUT2D eigenvalue weighted by molar-refractivity contribution is 7.09. The lowest BCUT2D eigenvalue weighted by molar-refractivity contribution is 0.102. The normalized spacial score (nSPS) is 10.6. The molecule has 0 aliphatic rings. The molecule has 0 saturated heterocycles. The van der Waals surface area contributed by atoms with E-state index in [0.717, 1.165) is 16.4 Å². The van der Waals surface area contributed by atoms with Crippen molar-refractivity contribution < 1.29 is 9.53 Å². The van der Waals surface area contributed by atoms with Crippen LogP contribution in [0.15, 0.2) is 60.2 Å². The molecule has 2 aromatic heterocycles. The van der Waals surface area contributed by atoms with Gasteiger partial charge in [-0.3, -0.25) is 4.79 Å². The number of benzene rings is 2. The van der Waals surface area contributed by atoms with Crippen molar-refractivity contribution in [3.8, 4) is 11.4 Å². The molecule has 2 heterocycles. The minimum atomic E-state index is -0.197. The first-order chi connectivity index (χ1) is 13.7. The zero-order chi connectivity index (χ0) is 19.3. The first-order valence-corrected chi connectivity index (χ1v) is 9.34. The third-order valence-corrected chi connectivity index (χ3v) is 4.82. The molecule has 0 unspecified atom stereocenters. The van der Waals surface area contributed by atoms with E-state index in [1.165, 1.54) is 11.0 Å². The van der Waals surface area contributed by atoms with Crippen molar-refractivity contribution in [2.24, 2.45) is 0 Å². The summed E-state index contributed by atoms with van der Waals surface area (Å²) >= 11 is 1.57. The summed E-state index contributed by atoms with van der Waals surface area (Å²) in [7, 11) is 0. The largest absolute Gasteiger partial charge is 0.486 e. The molecule has 0 fully saturated rings. The molecule has 0 radical (unpaired) electrons. The molecule has 0 spiro atoms. The summed E-state index contributed by atoms with van der Waals surface area (Å²) in [5.41, 5.74) is 3.02. The number of tetrazole rings is 1. The molecule has 0 bridgehead atoms. The number of carbonyl (C=O) groups is 1. The lowest BCUT2D eigenvalue weighted by Gasteiger charge is -2.08. The molecule has 0 saturated carbocycles. The van der Waals surface area contributed by atoms with Gasteiger partial charge in [0, 0.05) is 22.3 Å². The predicted molar refractivity (Wildman–Crippen MR) is 105 cm³/mol. The van der Waals surface area contributed by atoms with Gasteiger partial charge in [0.2, 0.25) is 0 Å². The average molecular weight is 392 g/mol. The Kier molecular flexibility index (Phi) is 5.07. The Hall–Kier alpha value is -3.59. The van der Waals surface area contributed by atoms with Gasteiger partial charge in [0.15, 0.2) is 0 Å². The van der Waals surface area contributed by atoms with Crippen molar-refractivity contribution in [1.29, 1.82) is 0 Å². The summed E-state index contributed by atoms with van der Waals surface area (Å²) in [6.07, 6.45) is 1.51. The number of nitrogens with zero attached hydrogens (tertiary/aromatic N) is 5. The zero-order valence-corrected chi connectivity index (χ0v) is 15.8. The van der Waals surface area contributed by atoms with Gasteiger partial charge in [-0.15, -0.1) is 16.4 Å². The second-order valence-corrected chi connectivity index (χ2v) is 6.89. The maximum absolute atomic E-state index is 12.4. The number of hydrogen-bond donors (Lipinski definition) is 1. The van der Waals surface area contributed by atoms with Crippen LogP contribution in [0, 0.1) is 6.92 Å². The fourth-order valence-electron chi connectivity index (χ4n) is 2.50. The predicted octanol–water partition coefficient (Wildman–Crippen LogP) is 3.26. The average Bonchev–Trinajstić information content (AvgIpc) is 3.39. The van der Waals surface area contributed by atoms with E-state index in [-0.39, 0.29) is 5.91 Å². The molecule has 9 heteroatoms. The molecule has 4 aromatic rings. The van der Waals surface area contributed by atoms with Gasteiger partial charge in [-0.1, -0.05) is 0 Å². The van der Waals surface area contributed by atoms with E-state index in [1.54, 1.807) is 47.7 Å². The summed E-state index contributed by atoms with van der Waals surface area (Å²) in [4.78, 5) is 16.8. The standard InChI is InChI=1S/C19H16N6O2S/c1-13-11-28-18(21-13)10-27-17-8-2-14(3-9-17)19(26)22-15-4-6-16(7-5-15)25-12-20-23-24-25/h2-9,11-12H,10H2,1H3,(H,22,26). The number of thiazole rings is 1. The first kappa shape index (κ1) is 17.8. The summed E-state index contributed by atoms with van der Waals surface area (Å²) < 4.78 is 7.24. The van der Waals surface area contributed by atoms with Crippen LogP contribution in [0.5, 0.6) is 5.75 Å². The molecule has 8 nitrogen and oxygen atoms in total. The van der Waals surface area contributed by atoms with Crippen LogP contribution in [0.2, 0.25) is 0 Å². The molecule has 0 aliphatic carbocycles. The van der Waals surface area contributed by atoms with Gasteiger partial charge in [-0.25, -0.2) is 9.67 Å². The second kappa shape index (κ2) is 7.97. The highest BCUT2D eigenvalue weighted by Crippen LogP contribution is 2.18. The minimum Gasteiger partial charge on any atom is -0.486 e. The van der Waals surface area contributed by atoms with Crippen LogP contribution in [0.3, 0.4) is 0 Å². The van der Waals surface area contributed by atoms with E-state index in [1.807, 2.05) is 24.4 Å². The van der Waals surface area contributed by atoms with Crippen molar-refractivity contribution in [3.05, 3.63) is 76.5 Å². The third kappa shape index (κ3) is 4.21. The quantitative estimate of drug-likeness (QED) is 0.541. The SMILES string of the molecule is Cc1csc(COc2ccc(C(=O)Nc3ccc(-n4cnnn4)cc3)cc2)n1. The van der Waals surface area contributed by atoms with Gasteiger partial charge < -0.3 is 10.1 Å². The van der Waals surface area contributed by atoms with E-state index in [2.05, 4.69) is 25.8 Å². The van der Waals surface area contributed by atoms with E-state index >= 15 is 0 Å². The Morgan fingerprint density at radius 2 is 1.93 bits per heavy atom. The third-order valence-electron chi connectivity index (χ3n) is 3.88. The van der Waals surface area contributed by atoms with Gasteiger partial charge in [0.25, 0.3) is 5.91 Å². The molecular formula is C19H16N6O2S. The van der Waals surface area contributed by atoms with Gasteiger partial charge in [-0.2, -0.15) is 0 Å². The first-order valence-electron chi connectivity index (χ1n) is 8.46. The van der Waals surface area contributed by atoms with Crippen LogP contribution in [-0.2, 0) is 6.61 Å². The van der Waals surface area contributed by atoms with Crippen LogP contribution in [-0.4, -0.2) is 31.1 Å². The monoisotopic (exact) mass is 392 g/mol. The topological polar surface area (TPSA) is 94.8 Å². The summed E-state index contributed by atoms with van der Waals surface area (Å²) in [6, 6.07) is 14.2. The fraction of sp³-hybridized carbons (Fsp3) is 0.105. The number of carbonyl (C=O) groups excluding carboxylic acids is 1. The number of amides is 1. The van der Waals surface area contributed by atoms with Gasteiger partial charge >= 0.3 is 0 Å². The highest BCUT2D eigenvalue weighted by Gasteiger charge is 2.07. The van der Waals surface area contributed by atoms with Crippen LogP contribution in [0.25, 0.3) is 5.69 Å². The number of aryl methyl sites for hydroxylation is 1. The summed E-state index contributed by atoms with van der Waals surface area (Å²) in [6.45, 7) is 2.37. The molecule has 0 atom stereocenters. The Morgan fingerprint density at radius 3 is 2.57 bits per heavy atom. The summed E-state index contributed by atoms with van der Waals surface area (Å²) in [5, 5.41) is 16.8. The van der Waals surface area contributed by atoms with Crippen molar-refractivity contribution in [3.63, 3.8) is 0 Å². The Labute approximate surface area is 164 Å². The maximum Gasteiger partial charge on any atom is 0.255 e. The molecule has 0 aliphatic heterocycles. The molecule has 4 rings (SSSR count). The van der Waals surface area contributed by atoms with Crippen LogP contribution in [0.1, 0.15) is 21.1 Å². The van der Waals surface area contributed by atoms with Crippen molar-refractivity contribution in [2.75, 3.05) is 5.32 Å². The molecule has 140 valence electrons. The number of aromatic nitrogens is 5. The molecule has 1 amide bonds. The number of anilines is 1. The lowest BCUT2D eigenvalue weighted by Crippen LogP contribution is -2.11. The number of hydrogen-bond acceptors (Lipinski definition) is 7. The van der Waals surface area contributed by atoms with Crippen molar-refractivity contribution in [1.82, 2.24) is 25.2 Å². The van der Waals surface area contributed by atoms with E-state index in [9.17, 15) is 4.79 Å². The number of ether oxygens (including phenoxy) is 1. The maximum atomic E-state index is 12.4. The van der Waals surface area contributed by atoms with Crippen LogP contribution in [0.4, 0.5) is 5.69 Å². The van der Waals surface area contributed by atoms with E-state index in [0.29, 0.717) is 23.6 Å². The lowest BCUT2D eigenvalue weighted by atomic mass is 10.2. The Bertz CT molecular complexity index is 1060. The van der Waals surface area contributed by atoms with E-state index < -0.39 is 0 Å². The van der Waals surface area contributed by atoms with Gasteiger partial charge in [0.05, 0.1) is 5.69 Å². The highest BCUT2D eigenvalue weighted by atomic mass is 32.1. The zero-order valence-electron chi connectivity index (χ0n) is 14.9. The molecule has 2 aromatic carbocycles. The fourth-order valence-corrected chi connectivity index (χ4v) is 3.18. The molecule has 28 heavy (non-hydrogen) atoms. The Morgan fingerprint density at radius 1 is 1.14 bits per heavy atom. The number of nitrogens with one attached hydrogen (secondary N) is 1. The van der Waals surface area contributed by atoms with Crippen LogP contribution < -0.4 is 10.1 Å². The van der Waals surface area contributed by atoms with Gasteiger partial charge in [0.1, 0.15) is 23.7 Å². The number of rotatable bonds is 6. The van der Waals surface area contributed by atoms with Crippen molar-refractivity contribution >= 4 is 22.9 Å². The van der Waals surface area contributed by atoms with Crippen molar-refractivity contribution in [2.45, 2.75) is 13.5 Å². The second-order valence-electron chi connectivity index (χ2n) is 5.95. The smallest absolute Gasteiger partial charge is 0.255 e. The van der Waals surface area contributed by atoms with Gasteiger partial charge in [-0.05, 0) is 65.9 Å². The van der Waals surface area contributed by atoms with E-state index in [4.69, 9.17) is 4.74 Å². The minimum absolute atomic E-state index is 0.197.